The van der Waals surface area contributed by atoms with E-state index >= 15 is 0 Å². The molecule has 0 bridgehead atoms. The van der Waals surface area contributed by atoms with Crippen molar-refractivity contribution in [1.82, 2.24) is 0 Å². The van der Waals surface area contributed by atoms with Crippen molar-refractivity contribution in [2.75, 3.05) is 0 Å². The van der Waals surface area contributed by atoms with Crippen LogP contribution in [-0.4, -0.2) is 22.3 Å². The Labute approximate surface area is 77.4 Å². The van der Waals surface area contributed by atoms with Gasteiger partial charge in [0.1, 0.15) is 6.10 Å². The van der Waals surface area contributed by atoms with Crippen LogP contribution in [0.2, 0.25) is 0 Å². The molecule has 50 valence electrons. The molecule has 0 rings (SSSR count). The van der Waals surface area contributed by atoms with Gasteiger partial charge in [-0.2, -0.15) is 6.92 Å². The molecule has 0 aromatic carbocycles. The maximum Gasteiger partial charge on any atom is 1.00 e. The first kappa shape index (κ1) is 16.2. The number of hydrogen-bond donors (Lipinski definition) is 2. The molecule has 2 N–H and O–H groups in total. The number of aliphatic carboxylic acids is 1. The van der Waals surface area contributed by atoms with Crippen LogP contribution in [0.5, 0.6) is 0 Å². The topological polar surface area (TPSA) is 57.5 Å². The molecule has 0 aliphatic heterocycles. The number of rotatable bonds is 1. The predicted octanol–water partition coefficient (Wildman–Crippen LogP) is -2.70. The molecule has 3 nitrogen and oxygen atoms in total. The first-order chi connectivity index (χ1) is 3.64. The zero-order valence-electron chi connectivity index (χ0n) is 6.09. The Bertz CT molecular complexity index is 63.2. The van der Waals surface area contributed by atoms with Gasteiger partial charge in [-0.25, -0.2) is 4.79 Å². The zero-order chi connectivity index (χ0) is 7.15. The minimum absolute atomic E-state index is 0. The number of aliphatic hydroxyl groups excluding tert-OH is 1. The van der Waals surface area contributed by atoms with Gasteiger partial charge in [0.05, 0.1) is 0 Å². The second-order valence-corrected chi connectivity index (χ2v) is 1.01. The average Bonchev–Trinajstić information content (AvgIpc) is 1.72. The molecule has 0 spiro atoms. The van der Waals surface area contributed by atoms with Crippen LogP contribution in [0, 0.1) is 6.92 Å². The van der Waals surface area contributed by atoms with Crippen LogP contribution in [0.4, 0.5) is 0 Å². The summed E-state index contributed by atoms with van der Waals surface area (Å²) in [5, 5.41) is 15.8. The summed E-state index contributed by atoms with van der Waals surface area (Å²) in [5.41, 5.74) is 0. The summed E-state index contributed by atoms with van der Waals surface area (Å²) >= 11 is 0. The van der Waals surface area contributed by atoms with E-state index in [0.717, 1.165) is 0 Å². The maximum atomic E-state index is 9.45. The van der Waals surface area contributed by atoms with Gasteiger partial charge in [-0.05, 0) is 6.92 Å². The van der Waals surface area contributed by atoms with Crippen molar-refractivity contribution in [1.29, 1.82) is 0 Å². The number of hydrogen-bond acceptors (Lipinski definition) is 2. The van der Waals surface area contributed by atoms with E-state index in [4.69, 9.17) is 10.2 Å². The Morgan fingerprint density at radius 1 is 1.56 bits per heavy atom. The molecule has 0 fully saturated rings. The third-order valence-corrected chi connectivity index (χ3v) is 0.357. The van der Waals surface area contributed by atoms with Crippen LogP contribution in [0.3, 0.4) is 0 Å². The van der Waals surface area contributed by atoms with Gasteiger partial charge in [0.15, 0.2) is 0 Å². The van der Waals surface area contributed by atoms with Gasteiger partial charge < -0.3 is 17.1 Å². The van der Waals surface area contributed by atoms with E-state index in [2.05, 4.69) is 6.92 Å². The standard InChI is InChI=1S/C3H6O3.C2H5.Na/c1-2(4)3(5)6;1-2;/h2,4H,1H3,(H,5,6);1H2,2H3;/q;-1;+1. The van der Waals surface area contributed by atoms with Crippen LogP contribution in [0.1, 0.15) is 13.8 Å². The molecule has 1 atom stereocenters. The Kier molecular flexibility index (Phi) is 20.3. The van der Waals surface area contributed by atoms with Gasteiger partial charge in [-0.3, -0.25) is 0 Å². The van der Waals surface area contributed by atoms with Crippen molar-refractivity contribution in [3.05, 3.63) is 6.92 Å². The summed E-state index contributed by atoms with van der Waals surface area (Å²) in [6, 6.07) is 0. The number of aliphatic hydroxyl groups is 1. The SMILES string of the molecule is CC(O)C(=O)O.[CH2-]C.[Na+]. The van der Waals surface area contributed by atoms with E-state index in [0.29, 0.717) is 0 Å². The van der Waals surface area contributed by atoms with Crippen LogP contribution in [0.15, 0.2) is 0 Å². The molecule has 0 saturated heterocycles. The second kappa shape index (κ2) is 11.3. The van der Waals surface area contributed by atoms with Gasteiger partial charge in [0.2, 0.25) is 0 Å². The molecule has 0 radical (unpaired) electrons. The van der Waals surface area contributed by atoms with Crippen molar-refractivity contribution in [3.63, 3.8) is 0 Å². The largest absolute Gasteiger partial charge is 1.00 e. The molecular weight excluding hydrogens is 131 g/mol. The van der Waals surface area contributed by atoms with Crippen molar-refractivity contribution >= 4 is 5.97 Å². The van der Waals surface area contributed by atoms with Crippen LogP contribution in [-0.2, 0) is 4.79 Å². The smallest absolute Gasteiger partial charge is 0.479 e. The molecule has 0 aromatic rings. The fraction of sp³-hybridized carbons (Fsp3) is 0.600. The van der Waals surface area contributed by atoms with E-state index in [9.17, 15) is 4.79 Å². The van der Waals surface area contributed by atoms with E-state index in [1.54, 1.807) is 6.92 Å². The summed E-state index contributed by atoms with van der Waals surface area (Å²) < 4.78 is 0. The number of carboxylic acids is 1. The van der Waals surface area contributed by atoms with Gasteiger partial charge in [-0.1, -0.05) is 0 Å². The van der Waals surface area contributed by atoms with Crippen molar-refractivity contribution in [2.24, 2.45) is 0 Å². The molecular formula is C5H11NaO3. The molecule has 1 unspecified atom stereocenters. The predicted molar refractivity (Wildman–Crippen MR) is 30.3 cm³/mol. The molecule has 0 aliphatic carbocycles. The second-order valence-electron chi connectivity index (χ2n) is 1.01. The molecule has 0 aliphatic rings. The summed E-state index contributed by atoms with van der Waals surface area (Å²) in [4.78, 5) is 9.45. The third kappa shape index (κ3) is 17.8. The van der Waals surface area contributed by atoms with Crippen molar-refractivity contribution in [2.45, 2.75) is 20.0 Å². The van der Waals surface area contributed by atoms with Gasteiger partial charge in [0, 0.05) is 0 Å². The fourth-order valence-corrected chi connectivity index (χ4v) is 0. The third-order valence-electron chi connectivity index (χ3n) is 0.357. The van der Waals surface area contributed by atoms with Crippen molar-refractivity contribution < 1.29 is 44.6 Å². The first-order valence-corrected chi connectivity index (χ1v) is 2.26. The molecule has 9 heavy (non-hydrogen) atoms. The first-order valence-electron chi connectivity index (χ1n) is 2.26. The Balaban J connectivity index is -0.000000109. The quantitative estimate of drug-likeness (QED) is 0.309. The van der Waals surface area contributed by atoms with Crippen LogP contribution < -0.4 is 29.6 Å². The minimum Gasteiger partial charge on any atom is -0.479 e. The number of carbonyl (C=O) groups is 1. The monoisotopic (exact) mass is 142 g/mol. The normalized spacial score (nSPS) is 9.78. The summed E-state index contributed by atoms with van der Waals surface area (Å²) in [7, 11) is 0. The van der Waals surface area contributed by atoms with Gasteiger partial charge in [-0.15, -0.1) is 0 Å². The summed E-state index contributed by atoms with van der Waals surface area (Å²) in [5.74, 6) is -1.19. The van der Waals surface area contributed by atoms with E-state index in [1.807, 2.05) is 0 Å². The van der Waals surface area contributed by atoms with Crippen molar-refractivity contribution in [3.8, 4) is 0 Å². The molecule has 0 heterocycles. The molecule has 0 aromatic heterocycles. The number of carboxylic acid groups (broad SMARTS) is 1. The summed E-state index contributed by atoms with van der Waals surface area (Å²) in [6.07, 6.45) is -1.23. The molecule has 4 heteroatoms. The molecule has 0 saturated carbocycles. The summed E-state index contributed by atoms with van der Waals surface area (Å²) in [6.45, 7) is 6.20. The van der Waals surface area contributed by atoms with Gasteiger partial charge in [0.25, 0.3) is 0 Å². The average molecular weight is 142 g/mol. The maximum absolute atomic E-state index is 9.45. The Hall–Kier alpha value is 0.430. The Morgan fingerprint density at radius 3 is 1.67 bits per heavy atom. The zero-order valence-corrected chi connectivity index (χ0v) is 8.09. The van der Waals surface area contributed by atoms with Gasteiger partial charge >= 0.3 is 35.5 Å². The minimum atomic E-state index is -1.23. The van der Waals surface area contributed by atoms with E-state index < -0.39 is 12.1 Å². The Morgan fingerprint density at radius 2 is 1.67 bits per heavy atom. The van der Waals surface area contributed by atoms with Crippen LogP contribution in [0.25, 0.3) is 0 Å². The van der Waals surface area contributed by atoms with E-state index in [1.165, 1.54) is 6.92 Å². The fourth-order valence-electron chi connectivity index (χ4n) is 0. The van der Waals surface area contributed by atoms with Crippen LogP contribution >= 0.6 is 0 Å². The molecule has 0 amide bonds. The van der Waals surface area contributed by atoms with E-state index in [-0.39, 0.29) is 29.6 Å².